The Morgan fingerprint density at radius 3 is 2.64 bits per heavy atom. The van der Waals surface area contributed by atoms with Gasteiger partial charge in [0.25, 0.3) is 5.91 Å². The van der Waals surface area contributed by atoms with Crippen LogP contribution in [-0.4, -0.2) is 19.2 Å². The van der Waals surface area contributed by atoms with Crippen LogP contribution in [0.15, 0.2) is 42.5 Å². The molecule has 0 saturated carbocycles. The molecule has 3 rings (SSSR count). The third-order valence-corrected chi connectivity index (χ3v) is 5.09. The highest BCUT2D eigenvalue weighted by molar-refractivity contribution is 7.70. The van der Waals surface area contributed by atoms with Crippen molar-refractivity contribution in [1.29, 1.82) is 0 Å². The van der Waals surface area contributed by atoms with E-state index in [1.54, 1.807) is 37.6 Å². The third-order valence-electron chi connectivity index (χ3n) is 3.57. The zero-order chi connectivity index (χ0) is 15.9. The Labute approximate surface area is 128 Å². The van der Waals surface area contributed by atoms with Gasteiger partial charge in [0.2, 0.25) is 0 Å². The normalized spacial score (nSPS) is 15.8. The van der Waals surface area contributed by atoms with Gasteiger partial charge in [-0.2, -0.15) is 0 Å². The first-order chi connectivity index (χ1) is 10.3. The van der Waals surface area contributed by atoms with E-state index in [2.05, 4.69) is 5.32 Å². The quantitative estimate of drug-likeness (QED) is 0.680. The van der Waals surface area contributed by atoms with E-state index in [9.17, 15) is 13.8 Å². The van der Waals surface area contributed by atoms with Crippen LogP contribution in [0.1, 0.15) is 11.1 Å². The maximum atomic E-state index is 13.4. The van der Waals surface area contributed by atoms with E-state index in [1.807, 2.05) is 12.1 Å². The molecule has 1 heterocycles. The van der Waals surface area contributed by atoms with E-state index < -0.39 is 7.14 Å². The van der Waals surface area contributed by atoms with Crippen molar-refractivity contribution in [3.05, 3.63) is 59.4 Å². The highest BCUT2D eigenvalue weighted by Gasteiger charge is 2.24. The van der Waals surface area contributed by atoms with Crippen LogP contribution in [0.5, 0.6) is 0 Å². The number of hydrogen-bond donors (Lipinski definition) is 1. The molecule has 0 aliphatic carbocycles. The van der Waals surface area contributed by atoms with Gasteiger partial charge in [-0.25, -0.2) is 4.39 Å². The lowest BCUT2D eigenvalue weighted by Crippen LogP contribution is -2.05. The van der Waals surface area contributed by atoms with Gasteiger partial charge in [-0.3, -0.25) is 4.79 Å². The third kappa shape index (κ3) is 2.75. The minimum atomic E-state index is -2.37. The van der Waals surface area contributed by atoms with Gasteiger partial charge in [-0.1, -0.05) is 18.2 Å². The molecule has 1 amide bonds. The first kappa shape index (κ1) is 14.7. The molecule has 0 aromatic heterocycles. The molecule has 0 spiro atoms. The Balaban J connectivity index is 2.09. The predicted octanol–water partition coefficient (Wildman–Crippen LogP) is 3.57. The summed E-state index contributed by atoms with van der Waals surface area (Å²) in [6.45, 7) is 3.40. The van der Waals surface area contributed by atoms with Gasteiger partial charge in [-0.15, -0.1) is 0 Å². The van der Waals surface area contributed by atoms with Crippen LogP contribution in [0.2, 0.25) is 0 Å². The van der Waals surface area contributed by atoms with E-state index in [-0.39, 0.29) is 11.7 Å². The minimum absolute atomic E-state index is 0.262. The van der Waals surface area contributed by atoms with Crippen molar-refractivity contribution >= 4 is 35.7 Å². The van der Waals surface area contributed by atoms with Crippen LogP contribution in [0, 0.1) is 5.82 Å². The van der Waals surface area contributed by atoms with Crippen LogP contribution < -0.4 is 10.6 Å². The molecule has 0 radical (unpaired) electrons. The largest absolute Gasteiger partial charge is 0.321 e. The summed E-state index contributed by atoms with van der Waals surface area (Å²) in [5.41, 5.74) is 2.33. The summed E-state index contributed by atoms with van der Waals surface area (Å²) < 4.78 is 25.6. The topological polar surface area (TPSA) is 46.2 Å². The monoisotopic (exact) mass is 315 g/mol. The Morgan fingerprint density at radius 1 is 1.14 bits per heavy atom. The molecule has 2 aromatic rings. The summed E-state index contributed by atoms with van der Waals surface area (Å²) in [7, 11) is -2.37. The number of anilines is 1. The molecular formula is C17H15FNO2P. The second-order valence-corrected chi connectivity index (χ2v) is 8.87. The molecule has 2 aromatic carbocycles. The molecule has 0 saturated heterocycles. The zero-order valence-electron chi connectivity index (χ0n) is 12.3. The van der Waals surface area contributed by atoms with Crippen molar-refractivity contribution < 1.29 is 13.8 Å². The van der Waals surface area contributed by atoms with Gasteiger partial charge < -0.3 is 9.88 Å². The van der Waals surface area contributed by atoms with Gasteiger partial charge in [0.1, 0.15) is 13.0 Å². The van der Waals surface area contributed by atoms with E-state index >= 15 is 0 Å². The first-order valence-corrected chi connectivity index (χ1v) is 9.43. The molecule has 112 valence electrons. The number of halogens is 1. The summed E-state index contributed by atoms with van der Waals surface area (Å²) in [6, 6.07) is 11.5. The molecule has 1 aliphatic heterocycles. The van der Waals surface area contributed by atoms with Gasteiger partial charge >= 0.3 is 0 Å². The van der Waals surface area contributed by atoms with Crippen LogP contribution in [0.3, 0.4) is 0 Å². The number of carbonyl (C=O) groups is 1. The number of rotatable bonds is 2. The van der Waals surface area contributed by atoms with Gasteiger partial charge in [0, 0.05) is 22.1 Å². The predicted molar refractivity (Wildman–Crippen MR) is 88.4 cm³/mol. The van der Waals surface area contributed by atoms with Crippen LogP contribution in [-0.2, 0) is 9.36 Å². The first-order valence-electron chi connectivity index (χ1n) is 6.83. The second-order valence-electron chi connectivity index (χ2n) is 5.65. The van der Waals surface area contributed by atoms with Gasteiger partial charge in [0.15, 0.2) is 0 Å². The fraction of sp³-hybridized carbons (Fsp3) is 0.118. The molecule has 3 nitrogen and oxygen atoms in total. The number of hydrogen-bond acceptors (Lipinski definition) is 2. The number of amides is 1. The van der Waals surface area contributed by atoms with E-state index in [0.29, 0.717) is 16.8 Å². The Hall–Kier alpha value is -2.19. The molecule has 0 bridgehead atoms. The summed E-state index contributed by atoms with van der Waals surface area (Å²) in [6.07, 6.45) is 1.69. The number of nitrogens with one attached hydrogen (secondary N) is 1. The molecule has 22 heavy (non-hydrogen) atoms. The van der Waals surface area contributed by atoms with Crippen LogP contribution in [0.4, 0.5) is 10.1 Å². The summed E-state index contributed by atoms with van der Waals surface area (Å²) in [5, 5.41) is 3.46. The van der Waals surface area contributed by atoms with Crippen molar-refractivity contribution in [2.45, 2.75) is 0 Å². The van der Waals surface area contributed by atoms with Crippen molar-refractivity contribution in [3.8, 4) is 0 Å². The number of benzene rings is 2. The number of fused-ring (bicyclic) bond motifs is 1. The highest BCUT2D eigenvalue weighted by Crippen LogP contribution is 2.36. The second kappa shape index (κ2) is 5.22. The van der Waals surface area contributed by atoms with E-state index in [1.165, 1.54) is 12.1 Å². The van der Waals surface area contributed by atoms with Crippen LogP contribution >= 0.6 is 7.14 Å². The Morgan fingerprint density at radius 2 is 1.91 bits per heavy atom. The highest BCUT2D eigenvalue weighted by atomic mass is 31.2. The van der Waals surface area contributed by atoms with Crippen molar-refractivity contribution in [1.82, 2.24) is 0 Å². The van der Waals surface area contributed by atoms with Gasteiger partial charge in [0.05, 0.1) is 0 Å². The Bertz CT molecular complexity index is 851. The maximum absolute atomic E-state index is 13.4. The molecule has 0 atom stereocenters. The smallest absolute Gasteiger partial charge is 0.256 e. The van der Waals surface area contributed by atoms with Gasteiger partial charge in [-0.05, 0) is 49.2 Å². The molecule has 1 N–H and O–H groups in total. The van der Waals surface area contributed by atoms with Crippen molar-refractivity contribution in [2.75, 3.05) is 18.6 Å². The fourth-order valence-corrected chi connectivity index (χ4v) is 3.32. The average Bonchev–Trinajstić information content (AvgIpc) is 2.75. The molecule has 1 aliphatic rings. The molecule has 0 unspecified atom stereocenters. The van der Waals surface area contributed by atoms with Crippen molar-refractivity contribution in [2.24, 2.45) is 0 Å². The SMILES string of the molecule is CP(C)(=O)c1cccc(/C=C2\C(=O)Nc3ccc(F)cc32)c1. The number of carbonyl (C=O) groups excluding carboxylic acids is 1. The van der Waals surface area contributed by atoms with E-state index in [4.69, 9.17) is 0 Å². The lowest BCUT2D eigenvalue weighted by molar-refractivity contribution is -0.110. The lowest BCUT2D eigenvalue weighted by Gasteiger charge is -2.07. The molecule has 5 heteroatoms. The lowest BCUT2D eigenvalue weighted by atomic mass is 10.0. The summed E-state index contributed by atoms with van der Waals surface area (Å²) in [4.78, 5) is 12.1. The minimum Gasteiger partial charge on any atom is -0.321 e. The summed E-state index contributed by atoms with van der Waals surface area (Å²) >= 11 is 0. The van der Waals surface area contributed by atoms with Crippen LogP contribution in [0.25, 0.3) is 11.6 Å². The summed E-state index contributed by atoms with van der Waals surface area (Å²) in [5.74, 6) is -0.649. The fourth-order valence-electron chi connectivity index (χ4n) is 2.42. The maximum Gasteiger partial charge on any atom is 0.256 e. The standard InChI is InChI=1S/C17H15FNO2P/c1-22(2,21)13-5-3-4-11(8-13)9-15-14-10-12(18)6-7-16(14)19-17(15)20/h3-10H,1-2H3,(H,19,20)/b15-9-. The average molecular weight is 315 g/mol. The zero-order valence-corrected chi connectivity index (χ0v) is 13.2. The molecular weight excluding hydrogens is 300 g/mol. The Kier molecular flexibility index (Phi) is 3.50. The van der Waals surface area contributed by atoms with Crippen molar-refractivity contribution in [3.63, 3.8) is 0 Å². The molecule has 0 fully saturated rings. The van der Waals surface area contributed by atoms with E-state index in [0.717, 1.165) is 10.9 Å².